The van der Waals surface area contributed by atoms with Crippen molar-refractivity contribution in [2.45, 2.75) is 25.7 Å². The number of rotatable bonds is 1. The Morgan fingerprint density at radius 2 is 1.50 bits per heavy atom. The first-order valence-electron chi connectivity index (χ1n) is 5.75. The Bertz CT molecular complexity index is 408. The van der Waals surface area contributed by atoms with Crippen LogP contribution < -0.4 is 4.90 Å². The average Bonchev–Trinajstić information content (AvgIpc) is 3.14. The Labute approximate surface area is 94.0 Å². The summed E-state index contributed by atoms with van der Waals surface area (Å²) >= 11 is 0. The largest absolute Gasteiger partial charge is 0.340 e. The van der Waals surface area contributed by atoms with Gasteiger partial charge in [-0.2, -0.15) is 0 Å². The van der Waals surface area contributed by atoms with Crippen LogP contribution in [0.4, 0.5) is 10.3 Å². The lowest BCUT2D eigenvalue weighted by atomic mass is 10.0. The zero-order valence-corrected chi connectivity index (χ0v) is 9.12. The first-order valence-corrected chi connectivity index (χ1v) is 5.75. The predicted octanol–water partition coefficient (Wildman–Crippen LogP) is 2.31. The highest BCUT2D eigenvalue weighted by atomic mass is 19.1. The first kappa shape index (κ1) is 9.75. The lowest BCUT2D eigenvalue weighted by Gasteiger charge is -2.28. The van der Waals surface area contributed by atoms with Crippen molar-refractivity contribution in [3.05, 3.63) is 29.4 Å². The van der Waals surface area contributed by atoms with E-state index >= 15 is 0 Å². The standard InChI is InChI=1S/C12H14FN3/c13-11-7-14-12(15-8-11)16-5-3-10(4-6-16)9-1-2-9/h7-8H,1-6H2. The molecule has 0 unspecified atom stereocenters. The Morgan fingerprint density at radius 3 is 2.06 bits per heavy atom. The van der Waals surface area contributed by atoms with Crippen LogP contribution in [0.1, 0.15) is 25.7 Å². The number of halogens is 1. The van der Waals surface area contributed by atoms with Gasteiger partial charge in [-0.15, -0.1) is 0 Å². The molecule has 0 bridgehead atoms. The molecule has 3 nitrogen and oxygen atoms in total. The van der Waals surface area contributed by atoms with E-state index in [0.29, 0.717) is 5.95 Å². The van der Waals surface area contributed by atoms with Gasteiger partial charge in [0.15, 0.2) is 5.82 Å². The first-order chi connectivity index (χ1) is 7.83. The fourth-order valence-electron chi connectivity index (χ4n) is 2.22. The molecule has 16 heavy (non-hydrogen) atoms. The predicted molar refractivity (Wildman–Crippen MR) is 59.7 cm³/mol. The van der Waals surface area contributed by atoms with Crippen LogP contribution in [-0.4, -0.2) is 23.1 Å². The molecule has 4 heteroatoms. The van der Waals surface area contributed by atoms with Crippen molar-refractivity contribution in [3.63, 3.8) is 0 Å². The van der Waals surface area contributed by atoms with Gasteiger partial charge < -0.3 is 4.90 Å². The summed E-state index contributed by atoms with van der Waals surface area (Å²) in [5.41, 5.74) is 3.30. The Kier molecular flexibility index (Phi) is 2.35. The van der Waals surface area contributed by atoms with Crippen LogP contribution in [0.2, 0.25) is 0 Å². The van der Waals surface area contributed by atoms with Crippen molar-refractivity contribution >= 4 is 5.95 Å². The van der Waals surface area contributed by atoms with Gasteiger partial charge in [0.2, 0.25) is 5.95 Å². The summed E-state index contributed by atoms with van der Waals surface area (Å²) in [6, 6.07) is 0. The van der Waals surface area contributed by atoms with Crippen LogP contribution in [0, 0.1) is 5.82 Å². The highest BCUT2D eigenvalue weighted by molar-refractivity contribution is 5.35. The zero-order valence-electron chi connectivity index (χ0n) is 9.12. The van der Waals surface area contributed by atoms with E-state index in [-0.39, 0.29) is 5.82 Å². The Hall–Kier alpha value is -1.45. The number of hydrogen-bond donors (Lipinski definition) is 0. The van der Waals surface area contributed by atoms with E-state index in [2.05, 4.69) is 14.9 Å². The molecule has 0 radical (unpaired) electrons. The maximum Gasteiger partial charge on any atom is 0.225 e. The quantitative estimate of drug-likeness (QED) is 0.679. The molecule has 2 heterocycles. The molecular weight excluding hydrogens is 205 g/mol. The minimum atomic E-state index is -0.374. The second kappa shape index (κ2) is 3.85. The summed E-state index contributed by atoms with van der Waals surface area (Å²) < 4.78 is 12.7. The maximum absolute atomic E-state index is 12.7. The normalized spacial score (nSPS) is 20.2. The van der Waals surface area contributed by atoms with Gasteiger partial charge in [0.05, 0.1) is 12.4 Å². The molecule has 0 atom stereocenters. The Morgan fingerprint density at radius 1 is 0.938 bits per heavy atom. The molecule has 0 N–H and O–H groups in total. The van der Waals surface area contributed by atoms with E-state index in [1.807, 2.05) is 0 Å². The SMILES string of the molecule is Fc1cnc(N2CCC(=C3CC3)CC2)nc1. The molecule has 0 amide bonds. The van der Waals surface area contributed by atoms with E-state index in [4.69, 9.17) is 0 Å². The van der Waals surface area contributed by atoms with E-state index < -0.39 is 0 Å². The van der Waals surface area contributed by atoms with Gasteiger partial charge in [-0.05, 0) is 25.7 Å². The van der Waals surface area contributed by atoms with E-state index in [0.717, 1.165) is 25.9 Å². The lowest BCUT2D eigenvalue weighted by Crippen LogP contribution is -2.32. The summed E-state index contributed by atoms with van der Waals surface area (Å²) in [5.74, 6) is 0.280. The molecule has 1 saturated carbocycles. The van der Waals surface area contributed by atoms with Gasteiger partial charge in [0.1, 0.15) is 0 Å². The van der Waals surface area contributed by atoms with Gasteiger partial charge in [-0.3, -0.25) is 0 Å². The van der Waals surface area contributed by atoms with Gasteiger partial charge in [-0.25, -0.2) is 14.4 Å². The second-order valence-corrected chi connectivity index (χ2v) is 4.40. The number of nitrogens with zero attached hydrogens (tertiary/aromatic N) is 3. The fourth-order valence-corrected chi connectivity index (χ4v) is 2.22. The van der Waals surface area contributed by atoms with E-state index in [9.17, 15) is 4.39 Å². The average molecular weight is 219 g/mol. The highest BCUT2D eigenvalue weighted by Gasteiger charge is 2.22. The van der Waals surface area contributed by atoms with E-state index in [1.165, 1.54) is 25.2 Å². The van der Waals surface area contributed by atoms with Crippen molar-refractivity contribution < 1.29 is 4.39 Å². The molecular formula is C12H14FN3. The second-order valence-electron chi connectivity index (χ2n) is 4.40. The monoisotopic (exact) mass is 219 g/mol. The third kappa shape index (κ3) is 1.92. The fraction of sp³-hybridized carbons (Fsp3) is 0.500. The smallest absolute Gasteiger partial charge is 0.225 e. The van der Waals surface area contributed by atoms with Crippen molar-refractivity contribution in [1.29, 1.82) is 0 Å². The minimum Gasteiger partial charge on any atom is -0.340 e. The van der Waals surface area contributed by atoms with E-state index in [1.54, 1.807) is 11.1 Å². The number of piperidine rings is 1. The molecule has 1 aromatic rings. The summed E-state index contributed by atoms with van der Waals surface area (Å²) in [7, 11) is 0. The molecule has 0 aromatic carbocycles. The molecule has 1 aliphatic heterocycles. The van der Waals surface area contributed by atoms with Crippen LogP contribution in [0.3, 0.4) is 0 Å². The number of hydrogen-bond acceptors (Lipinski definition) is 3. The van der Waals surface area contributed by atoms with Crippen molar-refractivity contribution in [2.24, 2.45) is 0 Å². The summed E-state index contributed by atoms with van der Waals surface area (Å²) in [6.45, 7) is 1.93. The molecule has 0 spiro atoms. The maximum atomic E-state index is 12.7. The molecule has 84 valence electrons. The van der Waals surface area contributed by atoms with Gasteiger partial charge in [-0.1, -0.05) is 11.1 Å². The van der Waals surface area contributed by atoms with Crippen molar-refractivity contribution in [1.82, 2.24) is 9.97 Å². The zero-order chi connectivity index (χ0) is 11.0. The van der Waals surface area contributed by atoms with Crippen LogP contribution in [-0.2, 0) is 0 Å². The number of aromatic nitrogens is 2. The summed E-state index contributed by atoms with van der Waals surface area (Å²) in [5, 5.41) is 0. The third-order valence-electron chi connectivity index (χ3n) is 3.26. The van der Waals surface area contributed by atoms with Gasteiger partial charge in [0, 0.05) is 13.1 Å². The minimum absolute atomic E-state index is 0.374. The number of allylic oxidation sites excluding steroid dienone is 1. The van der Waals surface area contributed by atoms with Crippen LogP contribution >= 0.6 is 0 Å². The molecule has 1 saturated heterocycles. The summed E-state index contributed by atoms with van der Waals surface area (Å²) in [4.78, 5) is 10.2. The van der Waals surface area contributed by atoms with Crippen LogP contribution in [0.15, 0.2) is 23.5 Å². The van der Waals surface area contributed by atoms with Gasteiger partial charge in [0.25, 0.3) is 0 Å². The molecule has 3 rings (SSSR count). The third-order valence-corrected chi connectivity index (χ3v) is 3.26. The molecule has 1 aromatic heterocycles. The van der Waals surface area contributed by atoms with Crippen molar-refractivity contribution in [2.75, 3.05) is 18.0 Å². The van der Waals surface area contributed by atoms with Crippen LogP contribution in [0.25, 0.3) is 0 Å². The summed E-state index contributed by atoms with van der Waals surface area (Å²) in [6.07, 6.45) is 7.32. The highest BCUT2D eigenvalue weighted by Crippen LogP contribution is 2.36. The van der Waals surface area contributed by atoms with Crippen LogP contribution in [0.5, 0.6) is 0 Å². The van der Waals surface area contributed by atoms with Gasteiger partial charge >= 0.3 is 0 Å². The van der Waals surface area contributed by atoms with Crippen molar-refractivity contribution in [3.8, 4) is 0 Å². The molecule has 2 aliphatic rings. The Balaban J connectivity index is 1.69. The lowest BCUT2D eigenvalue weighted by molar-refractivity contribution is 0.606. The molecule has 1 aliphatic carbocycles. The molecule has 2 fully saturated rings. The topological polar surface area (TPSA) is 29.0 Å². The number of anilines is 1.